The summed E-state index contributed by atoms with van der Waals surface area (Å²) in [6, 6.07) is 7.90. The average molecular weight is 267 g/mol. The molecule has 19 heavy (non-hydrogen) atoms. The van der Waals surface area contributed by atoms with E-state index in [1.807, 2.05) is 45.0 Å². The summed E-state index contributed by atoms with van der Waals surface area (Å²) in [5.74, 6) is 0.771. The molecule has 1 atom stereocenters. The van der Waals surface area contributed by atoms with E-state index in [4.69, 9.17) is 9.57 Å². The van der Waals surface area contributed by atoms with Crippen LogP contribution in [-0.4, -0.2) is 30.0 Å². The number of rotatable bonds is 7. The molecular weight excluding hydrogens is 242 g/mol. The standard InChI is InChI=1S/C15H25NO3/c1-5-12-6-8-14(9-7-12)18-11-13(17)10-16-19-15(2,3)4/h6-9,13,16-17H,5,10-11H2,1-4H3. The van der Waals surface area contributed by atoms with Crippen molar-refractivity contribution in [1.29, 1.82) is 0 Å². The average Bonchev–Trinajstić information content (AvgIpc) is 2.35. The van der Waals surface area contributed by atoms with Crippen LogP contribution in [0.2, 0.25) is 0 Å². The van der Waals surface area contributed by atoms with Crippen molar-refractivity contribution in [2.45, 2.75) is 45.8 Å². The Kier molecular flexibility index (Phi) is 6.28. The molecular formula is C15H25NO3. The minimum atomic E-state index is -0.604. The number of hydrogen-bond donors (Lipinski definition) is 2. The molecule has 1 unspecified atom stereocenters. The van der Waals surface area contributed by atoms with E-state index >= 15 is 0 Å². The third kappa shape index (κ3) is 7.15. The second-order valence-electron chi connectivity index (χ2n) is 5.53. The number of aliphatic hydroxyl groups excluding tert-OH is 1. The maximum Gasteiger partial charge on any atom is 0.119 e. The Morgan fingerprint density at radius 1 is 1.21 bits per heavy atom. The topological polar surface area (TPSA) is 50.7 Å². The van der Waals surface area contributed by atoms with E-state index in [2.05, 4.69) is 12.4 Å². The summed E-state index contributed by atoms with van der Waals surface area (Å²) in [4.78, 5) is 5.32. The lowest BCUT2D eigenvalue weighted by atomic mass is 10.2. The molecule has 0 aromatic heterocycles. The van der Waals surface area contributed by atoms with Crippen LogP contribution in [0.25, 0.3) is 0 Å². The molecule has 0 aliphatic carbocycles. The van der Waals surface area contributed by atoms with Gasteiger partial charge in [0.1, 0.15) is 18.5 Å². The van der Waals surface area contributed by atoms with Gasteiger partial charge in [0.05, 0.1) is 12.1 Å². The van der Waals surface area contributed by atoms with E-state index in [1.54, 1.807) is 0 Å². The van der Waals surface area contributed by atoms with Crippen LogP contribution in [0, 0.1) is 0 Å². The van der Waals surface area contributed by atoms with Gasteiger partial charge in [0.15, 0.2) is 0 Å². The Labute approximate surface area is 115 Å². The van der Waals surface area contributed by atoms with Gasteiger partial charge in [-0.05, 0) is 44.9 Å². The van der Waals surface area contributed by atoms with Crippen LogP contribution >= 0.6 is 0 Å². The second-order valence-corrected chi connectivity index (χ2v) is 5.53. The molecule has 1 aromatic rings. The Hall–Kier alpha value is -1.10. The van der Waals surface area contributed by atoms with E-state index in [1.165, 1.54) is 5.56 Å². The molecule has 0 aliphatic rings. The highest BCUT2D eigenvalue weighted by atomic mass is 16.7. The van der Waals surface area contributed by atoms with Crippen LogP contribution in [0.4, 0.5) is 0 Å². The maximum atomic E-state index is 9.74. The van der Waals surface area contributed by atoms with Crippen molar-refractivity contribution >= 4 is 0 Å². The third-order valence-corrected chi connectivity index (χ3v) is 2.47. The molecule has 0 radical (unpaired) electrons. The van der Waals surface area contributed by atoms with E-state index in [0.717, 1.165) is 12.2 Å². The van der Waals surface area contributed by atoms with E-state index in [-0.39, 0.29) is 12.2 Å². The van der Waals surface area contributed by atoms with Crippen molar-refractivity contribution in [1.82, 2.24) is 5.48 Å². The van der Waals surface area contributed by atoms with Crippen molar-refractivity contribution in [3.63, 3.8) is 0 Å². The molecule has 0 heterocycles. The zero-order valence-electron chi connectivity index (χ0n) is 12.3. The molecule has 0 amide bonds. The van der Waals surface area contributed by atoms with Gasteiger partial charge in [0.25, 0.3) is 0 Å². The molecule has 4 nitrogen and oxygen atoms in total. The maximum absolute atomic E-state index is 9.74. The summed E-state index contributed by atoms with van der Waals surface area (Å²) in [6.07, 6.45) is 0.407. The van der Waals surface area contributed by atoms with E-state index in [0.29, 0.717) is 6.54 Å². The molecule has 0 saturated carbocycles. The summed E-state index contributed by atoms with van der Waals surface area (Å²) in [6.45, 7) is 8.52. The molecule has 0 fully saturated rings. The Morgan fingerprint density at radius 2 is 1.84 bits per heavy atom. The first-order valence-electron chi connectivity index (χ1n) is 6.71. The number of hydroxylamine groups is 1. The van der Waals surface area contributed by atoms with Gasteiger partial charge in [0, 0.05) is 0 Å². The van der Waals surface area contributed by atoms with Crippen LogP contribution in [0.3, 0.4) is 0 Å². The van der Waals surface area contributed by atoms with E-state index < -0.39 is 6.10 Å². The number of nitrogens with one attached hydrogen (secondary N) is 1. The van der Waals surface area contributed by atoms with Crippen LogP contribution in [0.1, 0.15) is 33.3 Å². The molecule has 0 bridgehead atoms. The van der Waals surface area contributed by atoms with Crippen molar-refractivity contribution < 1.29 is 14.7 Å². The summed E-state index contributed by atoms with van der Waals surface area (Å²) in [5.41, 5.74) is 3.75. The van der Waals surface area contributed by atoms with Gasteiger partial charge in [-0.1, -0.05) is 19.1 Å². The summed E-state index contributed by atoms with van der Waals surface area (Å²) >= 11 is 0. The van der Waals surface area contributed by atoms with Gasteiger partial charge in [-0.2, -0.15) is 5.48 Å². The molecule has 108 valence electrons. The minimum Gasteiger partial charge on any atom is -0.491 e. The number of hydrogen-bond acceptors (Lipinski definition) is 4. The SMILES string of the molecule is CCc1ccc(OCC(O)CNOC(C)(C)C)cc1. The summed E-state index contributed by atoms with van der Waals surface area (Å²) < 4.78 is 5.50. The fourth-order valence-corrected chi connectivity index (χ4v) is 1.43. The second kappa shape index (κ2) is 7.48. The van der Waals surface area contributed by atoms with Crippen molar-refractivity contribution in [2.24, 2.45) is 0 Å². The highest BCUT2D eigenvalue weighted by Gasteiger charge is 2.12. The molecule has 0 spiro atoms. The summed E-state index contributed by atoms with van der Waals surface area (Å²) in [7, 11) is 0. The number of aliphatic hydroxyl groups is 1. The lowest BCUT2D eigenvalue weighted by Crippen LogP contribution is -2.36. The Morgan fingerprint density at radius 3 is 2.37 bits per heavy atom. The number of ether oxygens (including phenoxy) is 1. The zero-order chi connectivity index (χ0) is 14.3. The quantitative estimate of drug-likeness (QED) is 0.744. The van der Waals surface area contributed by atoms with Gasteiger partial charge >= 0.3 is 0 Å². The zero-order valence-corrected chi connectivity index (χ0v) is 12.3. The molecule has 1 aromatic carbocycles. The molecule has 0 aliphatic heterocycles. The fraction of sp³-hybridized carbons (Fsp3) is 0.600. The van der Waals surface area contributed by atoms with Gasteiger partial charge in [-0.25, -0.2) is 0 Å². The summed E-state index contributed by atoms with van der Waals surface area (Å²) in [5, 5.41) is 9.74. The van der Waals surface area contributed by atoms with Crippen LogP contribution < -0.4 is 10.2 Å². The minimum absolute atomic E-state index is 0.242. The first kappa shape index (κ1) is 16.0. The number of aryl methyl sites for hydroxylation is 1. The van der Waals surface area contributed by atoms with Crippen LogP contribution in [0.5, 0.6) is 5.75 Å². The molecule has 2 N–H and O–H groups in total. The van der Waals surface area contributed by atoms with Crippen molar-refractivity contribution in [3.05, 3.63) is 29.8 Å². The Balaban J connectivity index is 2.23. The first-order chi connectivity index (χ1) is 8.90. The molecule has 1 rings (SSSR count). The Bertz CT molecular complexity index is 357. The smallest absolute Gasteiger partial charge is 0.119 e. The van der Waals surface area contributed by atoms with Crippen LogP contribution in [-0.2, 0) is 11.3 Å². The van der Waals surface area contributed by atoms with Crippen LogP contribution in [0.15, 0.2) is 24.3 Å². The highest BCUT2D eigenvalue weighted by molar-refractivity contribution is 5.27. The third-order valence-electron chi connectivity index (χ3n) is 2.47. The highest BCUT2D eigenvalue weighted by Crippen LogP contribution is 2.12. The van der Waals surface area contributed by atoms with E-state index in [9.17, 15) is 5.11 Å². The van der Waals surface area contributed by atoms with Gasteiger partial charge < -0.3 is 9.84 Å². The molecule has 0 saturated heterocycles. The normalized spacial score (nSPS) is 13.3. The van der Waals surface area contributed by atoms with Crippen molar-refractivity contribution in [2.75, 3.05) is 13.2 Å². The monoisotopic (exact) mass is 267 g/mol. The fourth-order valence-electron chi connectivity index (χ4n) is 1.43. The predicted molar refractivity (Wildman–Crippen MR) is 76.2 cm³/mol. The lowest BCUT2D eigenvalue weighted by Gasteiger charge is -2.21. The first-order valence-corrected chi connectivity index (χ1v) is 6.71. The van der Waals surface area contributed by atoms with Gasteiger partial charge in [-0.3, -0.25) is 4.84 Å². The van der Waals surface area contributed by atoms with Crippen molar-refractivity contribution in [3.8, 4) is 5.75 Å². The van der Waals surface area contributed by atoms with Gasteiger partial charge in [-0.15, -0.1) is 0 Å². The number of benzene rings is 1. The largest absolute Gasteiger partial charge is 0.491 e. The lowest BCUT2D eigenvalue weighted by molar-refractivity contribution is -0.0857. The predicted octanol–water partition coefficient (Wildman–Crippen LogP) is 2.31. The van der Waals surface area contributed by atoms with Gasteiger partial charge in [0.2, 0.25) is 0 Å². The molecule has 4 heteroatoms.